The fourth-order valence-corrected chi connectivity index (χ4v) is 6.08. The molecule has 3 aromatic rings. The number of hydrogen-bond acceptors (Lipinski definition) is 3. The lowest BCUT2D eigenvalue weighted by Gasteiger charge is -2.32. The summed E-state index contributed by atoms with van der Waals surface area (Å²) in [4.78, 5) is 15.8. The van der Waals surface area contributed by atoms with E-state index in [1.807, 2.05) is 78.9 Å². The number of nitrogens with zero attached hydrogens (tertiary/aromatic N) is 1. The molecule has 1 fully saturated rings. The molecule has 6 heteroatoms. The fourth-order valence-electron chi connectivity index (χ4n) is 4.15. The normalized spacial score (nSPS) is 17.5. The maximum Gasteiger partial charge on any atom is 0.235 e. The molecule has 4 nitrogen and oxygen atoms in total. The summed E-state index contributed by atoms with van der Waals surface area (Å²) < 4.78 is 24.5. The van der Waals surface area contributed by atoms with E-state index in [1.165, 1.54) is 0 Å². The number of sulfone groups is 1. The van der Waals surface area contributed by atoms with Crippen molar-refractivity contribution in [3.8, 4) is 0 Å². The fraction of sp³-hybridized carbons (Fsp3) is 0.240. The summed E-state index contributed by atoms with van der Waals surface area (Å²) in [6.07, 6.45) is 0.439. The highest BCUT2D eigenvalue weighted by Crippen LogP contribution is 2.31. The predicted molar refractivity (Wildman–Crippen MR) is 124 cm³/mol. The molecular formula is C25H24ClNO3S. The summed E-state index contributed by atoms with van der Waals surface area (Å²) in [5.74, 6) is -0.544. The number of hydrogen-bond donors (Lipinski definition) is 0. The maximum absolute atomic E-state index is 14.0. The van der Waals surface area contributed by atoms with Gasteiger partial charge in [-0.05, 0) is 29.2 Å². The Morgan fingerprint density at radius 3 is 1.97 bits per heavy atom. The second kappa shape index (κ2) is 9.25. The number of carbonyl (C=O) groups is 1. The van der Waals surface area contributed by atoms with Crippen LogP contribution in [0.2, 0.25) is 5.02 Å². The molecule has 0 aliphatic carbocycles. The number of benzene rings is 3. The summed E-state index contributed by atoms with van der Waals surface area (Å²) in [6, 6.07) is 26.3. The number of rotatable bonds is 6. The van der Waals surface area contributed by atoms with E-state index >= 15 is 0 Å². The van der Waals surface area contributed by atoms with Gasteiger partial charge >= 0.3 is 0 Å². The molecule has 0 unspecified atom stereocenters. The molecular weight excluding hydrogens is 430 g/mol. The molecule has 1 atom stereocenters. The van der Waals surface area contributed by atoms with Crippen LogP contribution in [0.15, 0.2) is 84.9 Å². The Balaban J connectivity index is 1.76. The minimum Gasteiger partial charge on any atom is -0.333 e. The quantitative estimate of drug-likeness (QED) is 0.544. The van der Waals surface area contributed by atoms with E-state index < -0.39 is 15.8 Å². The van der Waals surface area contributed by atoms with Crippen molar-refractivity contribution in [2.75, 3.05) is 11.5 Å². The SMILES string of the molecule is O=C(C(c1ccccc1)c1ccccc1)N(Cc1ccccc1Cl)[C@@H]1CCS(=O)(=O)C1. The number of carbonyl (C=O) groups excluding carboxylic acids is 1. The first-order chi connectivity index (χ1) is 14.9. The zero-order valence-corrected chi connectivity index (χ0v) is 18.6. The third-order valence-corrected chi connectivity index (χ3v) is 7.86. The monoisotopic (exact) mass is 453 g/mol. The predicted octanol–water partition coefficient (Wildman–Crippen LogP) is 4.69. The largest absolute Gasteiger partial charge is 0.333 e. The molecule has 0 aromatic heterocycles. The minimum atomic E-state index is -3.16. The summed E-state index contributed by atoms with van der Waals surface area (Å²) in [7, 11) is -3.16. The maximum atomic E-state index is 14.0. The molecule has 160 valence electrons. The van der Waals surface area contributed by atoms with Gasteiger partial charge in [0.25, 0.3) is 0 Å². The Hall–Kier alpha value is -2.63. The van der Waals surface area contributed by atoms with Gasteiger partial charge < -0.3 is 4.90 Å². The first-order valence-corrected chi connectivity index (χ1v) is 12.5. The molecule has 0 spiro atoms. The van der Waals surface area contributed by atoms with Crippen molar-refractivity contribution in [2.24, 2.45) is 0 Å². The van der Waals surface area contributed by atoms with Crippen LogP contribution in [0, 0.1) is 0 Å². The number of halogens is 1. The third-order valence-electron chi connectivity index (χ3n) is 5.74. The summed E-state index contributed by atoms with van der Waals surface area (Å²) in [6.45, 7) is 0.273. The molecule has 3 aromatic carbocycles. The lowest BCUT2D eigenvalue weighted by atomic mass is 9.89. The Labute approximate surface area is 188 Å². The van der Waals surface area contributed by atoms with Crippen LogP contribution in [0.5, 0.6) is 0 Å². The molecule has 0 bridgehead atoms. The van der Waals surface area contributed by atoms with Crippen molar-refractivity contribution < 1.29 is 13.2 Å². The molecule has 31 heavy (non-hydrogen) atoms. The number of amides is 1. The zero-order chi connectivity index (χ0) is 21.8. The highest BCUT2D eigenvalue weighted by atomic mass is 35.5. The second-order valence-electron chi connectivity index (χ2n) is 7.87. The molecule has 1 heterocycles. The average Bonchev–Trinajstić information content (AvgIpc) is 3.14. The van der Waals surface area contributed by atoms with Crippen molar-refractivity contribution in [1.29, 1.82) is 0 Å². The Bertz CT molecular complexity index is 1110. The first-order valence-electron chi connectivity index (χ1n) is 10.3. The van der Waals surface area contributed by atoms with Crippen LogP contribution in [0.3, 0.4) is 0 Å². The third kappa shape index (κ3) is 5.00. The highest BCUT2D eigenvalue weighted by Gasteiger charge is 2.38. The second-order valence-corrected chi connectivity index (χ2v) is 10.5. The summed E-state index contributed by atoms with van der Waals surface area (Å²) in [5.41, 5.74) is 2.56. The van der Waals surface area contributed by atoms with Crippen molar-refractivity contribution in [1.82, 2.24) is 4.90 Å². The van der Waals surface area contributed by atoms with Crippen LogP contribution < -0.4 is 0 Å². The van der Waals surface area contributed by atoms with Gasteiger partial charge in [0.05, 0.1) is 17.4 Å². The van der Waals surface area contributed by atoms with Crippen molar-refractivity contribution in [3.63, 3.8) is 0 Å². The molecule has 0 saturated carbocycles. The van der Waals surface area contributed by atoms with E-state index in [2.05, 4.69) is 0 Å². The van der Waals surface area contributed by atoms with Crippen LogP contribution in [-0.4, -0.2) is 36.8 Å². The van der Waals surface area contributed by atoms with Crippen LogP contribution in [0.1, 0.15) is 29.0 Å². The van der Waals surface area contributed by atoms with Gasteiger partial charge in [-0.1, -0.05) is 90.5 Å². The van der Waals surface area contributed by atoms with Crippen LogP contribution in [0.4, 0.5) is 0 Å². The van der Waals surface area contributed by atoms with Crippen LogP contribution in [0.25, 0.3) is 0 Å². The van der Waals surface area contributed by atoms with E-state index in [4.69, 9.17) is 11.6 Å². The van der Waals surface area contributed by atoms with E-state index in [1.54, 1.807) is 11.0 Å². The zero-order valence-electron chi connectivity index (χ0n) is 17.0. The molecule has 1 aliphatic rings. The highest BCUT2D eigenvalue weighted by molar-refractivity contribution is 7.91. The summed E-state index contributed by atoms with van der Waals surface area (Å²) >= 11 is 6.39. The molecule has 4 rings (SSSR count). The van der Waals surface area contributed by atoms with Gasteiger partial charge in [-0.15, -0.1) is 0 Å². The molecule has 1 aliphatic heterocycles. The van der Waals surface area contributed by atoms with Crippen LogP contribution in [-0.2, 0) is 21.2 Å². The van der Waals surface area contributed by atoms with E-state index in [9.17, 15) is 13.2 Å². The van der Waals surface area contributed by atoms with Gasteiger partial charge in [-0.3, -0.25) is 4.79 Å². The average molecular weight is 454 g/mol. The van der Waals surface area contributed by atoms with Crippen LogP contribution >= 0.6 is 11.6 Å². The first kappa shape index (κ1) is 21.6. The Morgan fingerprint density at radius 2 is 1.45 bits per heavy atom. The van der Waals surface area contributed by atoms with Gasteiger partial charge in [-0.25, -0.2) is 8.42 Å². The van der Waals surface area contributed by atoms with Gasteiger partial charge in [-0.2, -0.15) is 0 Å². The van der Waals surface area contributed by atoms with E-state index in [-0.39, 0.29) is 30.0 Å². The van der Waals surface area contributed by atoms with E-state index in [0.29, 0.717) is 11.4 Å². The van der Waals surface area contributed by atoms with Gasteiger partial charge in [0, 0.05) is 17.6 Å². The summed E-state index contributed by atoms with van der Waals surface area (Å²) in [5, 5.41) is 0.567. The Morgan fingerprint density at radius 1 is 0.903 bits per heavy atom. The molecule has 1 saturated heterocycles. The standard InChI is InChI=1S/C25H24ClNO3S/c26-23-14-8-7-13-21(23)17-27(22-15-16-31(29,30)18-22)25(28)24(19-9-3-1-4-10-19)20-11-5-2-6-12-20/h1-14,22,24H,15-18H2/t22-/m1/s1. The van der Waals surface area contributed by atoms with Crippen molar-refractivity contribution in [2.45, 2.75) is 24.9 Å². The van der Waals surface area contributed by atoms with Crippen molar-refractivity contribution >= 4 is 27.3 Å². The van der Waals surface area contributed by atoms with Gasteiger partial charge in [0.2, 0.25) is 5.91 Å². The van der Waals surface area contributed by atoms with Gasteiger partial charge in [0.1, 0.15) is 0 Å². The minimum absolute atomic E-state index is 0.0144. The lowest BCUT2D eigenvalue weighted by Crippen LogP contribution is -2.43. The lowest BCUT2D eigenvalue weighted by molar-refractivity contribution is -0.134. The molecule has 1 amide bonds. The van der Waals surface area contributed by atoms with E-state index in [0.717, 1.165) is 16.7 Å². The molecule has 0 N–H and O–H groups in total. The van der Waals surface area contributed by atoms with Crippen molar-refractivity contribution in [3.05, 3.63) is 107 Å². The topological polar surface area (TPSA) is 54.5 Å². The smallest absolute Gasteiger partial charge is 0.235 e. The Kier molecular flexibility index (Phi) is 6.44. The van der Waals surface area contributed by atoms with Gasteiger partial charge in [0.15, 0.2) is 9.84 Å². The molecule has 0 radical (unpaired) electrons.